The van der Waals surface area contributed by atoms with Crippen molar-refractivity contribution in [2.45, 2.75) is 70.9 Å². The van der Waals surface area contributed by atoms with Crippen LogP contribution in [-0.2, 0) is 0 Å². The first-order valence-electron chi connectivity index (χ1n) is 9.44. The SMILES string of the molecule is CCC(CC)(CNC1CC1)CN1CCCN2CCCC2C1. The van der Waals surface area contributed by atoms with Crippen LogP contribution in [-0.4, -0.2) is 61.2 Å². The monoisotopic (exact) mass is 293 g/mol. The van der Waals surface area contributed by atoms with E-state index in [0.29, 0.717) is 5.41 Å². The van der Waals surface area contributed by atoms with Crippen molar-refractivity contribution in [3.05, 3.63) is 0 Å². The first-order valence-corrected chi connectivity index (χ1v) is 9.44. The highest BCUT2D eigenvalue weighted by Gasteiger charge is 2.34. The zero-order valence-electron chi connectivity index (χ0n) is 14.2. The lowest BCUT2D eigenvalue weighted by Gasteiger charge is -2.38. The van der Waals surface area contributed by atoms with Crippen molar-refractivity contribution in [2.24, 2.45) is 5.41 Å². The lowest BCUT2D eigenvalue weighted by atomic mass is 9.81. The van der Waals surface area contributed by atoms with Crippen LogP contribution in [0.3, 0.4) is 0 Å². The smallest absolute Gasteiger partial charge is 0.0223 e. The summed E-state index contributed by atoms with van der Waals surface area (Å²) >= 11 is 0. The highest BCUT2D eigenvalue weighted by Crippen LogP contribution is 2.31. The van der Waals surface area contributed by atoms with Crippen LogP contribution in [0.4, 0.5) is 0 Å². The van der Waals surface area contributed by atoms with Gasteiger partial charge < -0.3 is 10.2 Å². The molecule has 3 nitrogen and oxygen atoms in total. The molecule has 2 aliphatic heterocycles. The minimum absolute atomic E-state index is 0.496. The van der Waals surface area contributed by atoms with Gasteiger partial charge in [0.1, 0.15) is 0 Å². The molecule has 3 aliphatic rings. The van der Waals surface area contributed by atoms with E-state index in [2.05, 4.69) is 29.0 Å². The second-order valence-corrected chi connectivity index (χ2v) is 7.78. The van der Waals surface area contributed by atoms with Gasteiger partial charge in [-0.3, -0.25) is 4.90 Å². The number of hydrogen-bond acceptors (Lipinski definition) is 3. The van der Waals surface area contributed by atoms with Crippen LogP contribution < -0.4 is 5.32 Å². The molecule has 1 saturated carbocycles. The molecule has 0 spiro atoms. The standard InChI is InChI=1S/C18H35N3/c1-3-18(4-2,14-19-16-8-9-16)15-20-10-6-12-21-11-5-7-17(21)13-20/h16-17,19H,3-15H2,1-2H3. The minimum atomic E-state index is 0.496. The van der Waals surface area contributed by atoms with Crippen LogP contribution >= 0.6 is 0 Å². The molecule has 1 N–H and O–H groups in total. The number of nitrogens with one attached hydrogen (secondary N) is 1. The van der Waals surface area contributed by atoms with E-state index in [0.717, 1.165) is 12.1 Å². The molecular formula is C18H35N3. The Hall–Kier alpha value is -0.120. The van der Waals surface area contributed by atoms with Crippen molar-refractivity contribution >= 4 is 0 Å². The summed E-state index contributed by atoms with van der Waals surface area (Å²) in [6, 6.07) is 1.70. The first-order chi connectivity index (χ1) is 10.2. The molecule has 1 aliphatic carbocycles. The van der Waals surface area contributed by atoms with E-state index in [4.69, 9.17) is 0 Å². The van der Waals surface area contributed by atoms with Crippen LogP contribution in [0, 0.1) is 5.41 Å². The zero-order chi connectivity index (χ0) is 14.7. The molecule has 0 aromatic rings. The Morgan fingerprint density at radius 1 is 1.00 bits per heavy atom. The number of nitrogens with zero attached hydrogens (tertiary/aromatic N) is 2. The van der Waals surface area contributed by atoms with E-state index in [-0.39, 0.29) is 0 Å². The van der Waals surface area contributed by atoms with Crippen molar-refractivity contribution in [3.8, 4) is 0 Å². The largest absolute Gasteiger partial charge is 0.313 e. The molecule has 2 saturated heterocycles. The summed E-state index contributed by atoms with van der Waals surface area (Å²) in [4.78, 5) is 5.56. The minimum Gasteiger partial charge on any atom is -0.313 e. The lowest BCUT2D eigenvalue weighted by Crippen LogP contribution is -2.46. The van der Waals surface area contributed by atoms with Crippen LogP contribution in [0.5, 0.6) is 0 Å². The Balaban J connectivity index is 1.57. The highest BCUT2D eigenvalue weighted by molar-refractivity contribution is 4.91. The van der Waals surface area contributed by atoms with Gasteiger partial charge in [-0.15, -0.1) is 0 Å². The molecule has 122 valence electrons. The van der Waals surface area contributed by atoms with Crippen LogP contribution in [0.25, 0.3) is 0 Å². The van der Waals surface area contributed by atoms with Crippen molar-refractivity contribution in [2.75, 3.05) is 39.3 Å². The summed E-state index contributed by atoms with van der Waals surface area (Å²) < 4.78 is 0. The van der Waals surface area contributed by atoms with E-state index < -0.39 is 0 Å². The Kier molecular flexibility index (Phi) is 5.23. The molecule has 3 rings (SSSR count). The summed E-state index contributed by atoms with van der Waals surface area (Å²) in [6.07, 6.45) is 9.67. The maximum Gasteiger partial charge on any atom is 0.0223 e. The molecule has 0 radical (unpaired) electrons. The molecule has 0 bridgehead atoms. The number of rotatable bonds is 7. The molecule has 1 unspecified atom stereocenters. The molecule has 0 amide bonds. The van der Waals surface area contributed by atoms with Gasteiger partial charge in [-0.2, -0.15) is 0 Å². The number of fused-ring (bicyclic) bond motifs is 1. The van der Waals surface area contributed by atoms with Crippen molar-refractivity contribution in [3.63, 3.8) is 0 Å². The second kappa shape index (κ2) is 6.97. The van der Waals surface area contributed by atoms with Crippen LogP contribution in [0.2, 0.25) is 0 Å². The van der Waals surface area contributed by atoms with Gasteiger partial charge >= 0.3 is 0 Å². The average Bonchev–Trinajstić information content (AvgIpc) is 3.27. The molecule has 1 atom stereocenters. The zero-order valence-corrected chi connectivity index (χ0v) is 14.2. The van der Waals surface area contributed by atoms with Gasteiger partial charge in [0, 0.05) is 31.7 Å². The second-order valence-electron chi connectivity index (χ2n) is 7.78. The molecule has 3 heteroatoms. The average molecular weight is 293 g/mol. The van der Waals surface area contributed by atoms with Gasteiger partial charge in [0.25, 0.3) is 0 Å². The van der Waals surface area contributed by atoms with Gasteiger partial charge in [0.2, 0.25) is 0 Å². The fourth-order valence-electron chi connectivity index (χ4n) is 4.33. The normalized spacial score (nSPS) is 28.6. The molecular weight excluding hydrogens is 258 g/mol. The fraction of sp³-hybridized carbons (Fsp3) is 1.00. The Labute approximate surface area is 131 Å². The molecule has 3 fully saturated rings. The topological polar surface area (TPSA) is 18.5 Å². The fourth-order valence-corrected chi connectivity index (χ4v) is 4.33. The molecule has 21 heavy (non-hydrogen) atoms. The van der Waals surface area contributed by atoms with E-state index in [1.807, 2.05) is 0 Å². The summed E-state index contributed by atoms with van der Waals surface area (Å²) in [5, 5.41) is 3.81. The van der Waals surface area contributed by atoms with Crippen LogP contribution in [0.15, 0.2) is 0 Å². The third-order valence-corrected chi connectivity index (χ3v) is 6.29. The summed E-state index contributed by atoms with van der Waals surface area (Å²) in [7, 11) is 0. The summed E-state index contributed by atoms with van der Waals surface area (Å²) in [5.74, 6) is 0. The summed E-state index contributed by atoms with van der Waals surface area (Å²) in [6.45, 7) is 12.7. The van der Waals surface area contributed by atoms with E-state index in [9.17, 15) is 0 Å². The third kappa shape index (κ3) is 4.00. The Morgan fingerprint density at radius 3 is 2.48 bits per heavy atom. The highest BCUT2D eigenvalue weighted by atomic mass is 15.3. The third-order valence-electron chi connectivity index (χ3n) is 6.29. The van der Waals surface area contributed by atoms with Gasteiger partial charge in [-0.1, -0.05) is 13.8 Å². The van der Waals surface area contributed by atoms with E-state index in [1.165, 1.54) is 84.2 Å². The van der Waals surface area contributed by atoms with Gasteiger partial charge in [-0.25, -0.2) is 0 Å². The predicted molar refractivity (Wildman–Crippen MR) is 89.7 cm³/mol. The van der Waals surface area contributed by atoms with Crippen molar-refractivity contribution < 1.29 is 0 Å². The number of hydrogen-bond donors (Lipinski definition) is 1. The van der Waals surface area contributed by atoms with Crippen molar-refractivity contribution in [1.29, 1.82) is 0 Å². The molecule has 0 aromatic heterocycles. The van der Waals surface area contributed by atoms with Gasteiger partial charge in [0.05, 0.1) is 0 Å². The summed E-state index contributed by atoms with van der Waals surface area (Å²) in [5.41, 5.74) is 0.496. The van der Waals surface area contributed by atoms with Crippen molar-refractivity contribution in [1.82, 2.24) is 15.1 Å². The maximum absolute atomic E-state index is 3.81. The van der Waals surface area contributed by atoms with E-state index in [1.54, 1.807) is 0 Å². The predicted octanol–water partition coefficient (Wildman–Crippen LogP) is 2.71. The Morgan fingerprint density at radius 2 is 1.76 bits per heavy atom. The first kappa shape index (κ1) is 15.8. The quantitative estimate of drug-likeness (QED) is 0.778. The van der Waals surface area contributed by atoms with E-state index >= 15 is 0 Å². The van der Waals surface area contributed by atoms with Gasteiger partial charge in [-0.05, 0) is 70.0 Å². The van der Waals surface area contributed by atoms with Crippen LogP contribution in [0.1, 0.15) is 58.8 Å². The maximum atomic E-state index is 3.81. The van der Waals surface area contributed by atoms with Gasteiger partial charge in [0.15, 0.2) is 0 Å². The lowest BCUT2D eigenvalue weighted by molar-refractivity contribution is 0.125. The molecule has 2 heterocycles. The Bertz CT molecular complexity index is 322. The molecule has 0 aromatic carbocycles.